The number of aromatic nitrogens is 4. The number of thioether (sulfide) groups is 1. The number of hydrogen-bond donors (Lipinski definition) is 1. The molecular weight excluding hydrogens is 457 g/mol. The van der Waals surface area contributed by atoms with Gasteiger partial charge in [0.25, 0.3) is 0 Å². The van der Waals surface area contributed by atoms with Crippen molar-refractivity contribution in [2.75, 3.05) is 43.8 Å². The number of anilines is 1. The Bertz CT molecular complexity index is 1160. The van der Waals surface area contributed by atoms with Crippen LogP contribution in [0.1, 0.15) is 11.1 Å². The number of benzene rings is 2. The lowest BCUT2D eigenvalue weighted by molar-refractivity contribution is -0.130. The highest BCUT2D eigenvalue weighted by atomic mass is 32.2. The normalized spacial score (nSPS) is 14.3. The molecule has 1 aliphatic heterocycles. The van der Waals surface area contributed by atoms with Crippen LogP contribution in [0.2, 0.25) is 0 Å². The van der Waals surface area contributed by atoms with Crippen LogP contribution in [0.3, 0.4) is 0 Å². The van der Waals surface area contributed by atoms with Crippen LogP contribution in [-0.4, -0.2) is 80.3 Å². The highest BCUT2D eigenvalue weighted by Crippen LogP contribution is 2.21. The van der Waals surface area contributed by atoms with Crippen molar-refractivity contribution >= 4 is 29.3 Å². The molecule has 1 aromatic heterocycles. The third kappa shape index (κ3) is 5.78. The Labute approximate surface area is 201 Å². The molecule has 0 unspecified atom stereocenters. The largest absolute Gasteiger partial charge is 0.339 e. The van der Waals surface area contributed by atoms with Crippen LogP contribution >= 0.6 is 11.8 Å². The van der Waals surface area contributed by atoms with Gasteiger partial charge in [-0.05, 0) is 53.6 Å². The molecule has 1 saturated heterocycles. The van der Waals surface area contributed by atoms with Gasteiger partial charge in [0.15, 0.2) is 0 Å². The molecule has 0 atom stereocenters. The van der Waals surface area contributed by atoms with Crippen molar-refractivity contribution in [2.24, 2.45) is 0 Å². The average molecular weight is 484 g/mol. The maximum absolute atomic E-state index is 13.5. The highest BCUT2D eigenvalue weighted by molar-refractivity contribution is 7.99. The van der Waals surface area contributed by atoms with Gasteiger partial charge in [-0.2, -0.15) is 4.68 Å². The Morgan fingerprint density at radius 3 is 2.47 bits per heavy atom. The maximum Gasteiger partial charge on any atom is 0.238 e. The van der Waals surface area contributed by atoms with Crippen molar-refractivity contribution in [3.05, 3.63) is 59.4 Å². The summed E-state index contributed by atoms with van der Waals surface area (Å²) < 4.78 is 14.9. The zero-order valence-electron chi connectivity index (χ0n) is 19.1. The van der Waals surface area contributed by atoms with Crippen molar-refractivity contribution in [3.63, 3.8) is 0 Å². The number of aryl methyl sites for hydroxylation is 2. The Hall–Kier alpha value is -3.31. The van der Waals surface area contributed by atoms with E-state index in [1.807, 2.05) is 36.9 Å². The first-order chi connectivity index (χ1) is 16.4. The summed E-state index contributed by atoms with van der Waals surface area (Å²) >= 11 is 1.21. The number of nitrogens with zero attached hydrogens (tertiary/aromatic N) is 6. The molecule has 1 N–H and O–H groups in total. The Balaban J connectivity index is 1.25. The lowest BCUT2D eigenvalue weighted by Gasteiger charge is -2.34. The van der Waals surface area contributed by atoms with Crippen molar-refractivity contribution in [1.82, 2.24) is 30.0 Å². The maximum atomic E-state index is 13.5. The first kappa shape index (κ1) is 23.8. The molecule has 0 aliphatic carbocycles. The van der Waals surface area contributed by atoms with Gasteiger partial charge in [-0.3, -0.25) is 14.5 Å². The summed E-state index contributed by atoms with van der Waals surface area (Å²) in [6.07, 6.45) is 0. The smallest absolute Gasteiger partial charge is 0.238 e. The van der Waals surface area contributed by atoms with Crippen molar-refractivity contribution < 1.29 is 14.0 Å². The molecule has 2 aromatic carbocycles. The number of rotatable bonds is 7. The summed E-state index contributed by atoms with van der Waals surface area (Å²) in [5.41, 5.74) is 3.42. The zero-order chi connectivity index (χ0) is 24.1. The molecule has 0 bridgehead atoms. The predicted octanol–water partition coefficient (Wildman–Crippen LogP) is 2.29. The molecule has 11 heteroatoms. The monoisotopic (exact) mass is 483 g/mol. The van der Waals surface area contributed by atoms with Crippen molar-refractivity contribution in [2.45, 2.75) is 19.0 Å². The second-order valence-corrected chi connectivity index (χ2v) is 9.06. The van der Waals surface area contributed by atoms with E-state index in [9.17, 15) is 14.0 Å². The van der Waals surface area contributed by atoms with E-state index in [0.29, 0.717) is 37.0 Å². The summed E-state index contributed by atoms with van der Waals surface area (Å²) in [5, 5.41) is 14.9. The molecular formula is C23H26FN7O2S. The molecule has 3 aromatic rings. The van der Waals surface area contributed by atoms with E-state index >= 15 is 0 Å². The minimum Gasteiger partial charge on any atom is -0.339 e. The molecule has 178 valence electrons. The standard InChI is InChI=1S/C23H26FN7O2S/c1-16-5-3-6-17(2)22(16)25-20(32)14-29-9-11-30(12-10-29)21(33)15-34-23-26-27-28-31(23)19-8-4-7-18(24)13-19/h3-8,13H,9-12,14-15H2,1-2H3,(H,25,32). The molecule has 2 amide bonds. The first-order valence-corrected chi connectivity index (χ1v) is 11.9. The number of hydrogen-bond acceptors (Lipinski definition) is 7. The molecule has 4 rings (SSSR count). The Morgan fingerprint density at radius 2 is 1.76 bits per heavy atom. The Morgan fingerprint density at radius 1 is 1.06 bits per heavy atom. The minimum atomic E-state index is -0.388. The number of carbonyl (C=O) groups excluding carboxylic acids is 2. The van der Waals surface area contributed by atoms with E-state index in [0.717, 1.165) is 16.8 Å². The van der Waals surface area contributed by atoms with Gasteiger partial charge in [0.05, 0.1) is 18.0 Å². The number of nitrogens with one attached hydrogen (secondary N) is 1. The fourth-order valence-electron chi connectivity index (χ4n) is 3.81. The van der Waals surface area contributed by atoms with Crippen LogP contribution in [0, 0.1) is 19.7 Å². The van der Waals surface area contributed by atoms with Crippen LogP contribution in [0.5, 0.6) is 0 Å². The number of halogens is 1. The lowest BCUT2D eigenvalue weighted by Crippen LogP contribution is -2.51. The topological polar surface area (TPSA) is 96.2 Å². The first-order valence-electron chi connectivity index (χ1n) is 10.9. The number of para-hydroxylation sites is 1. The third-order valence-electron chi connectivity index (χ3n) is 5.66. The van der Waals surface area contributed by atoms with Crippen molar-refractivity contribution in [1.29, 1.82) is 0 Å². The molecule has 0 radical (unpaired) electrons. The molecule has 0 saturated carbocycles. The van der Waals surface area contributed by atoms with E-state index in [-0.39, 0.29) is 29.9 Å². The summed E-state index contributed by atoms with van der Waals surface area (Å²) in [6.45, 7) is 6.57. The third-order valence-corrected chi connectivity index (χ3v) is 6.56. The van der Waals surface area contributed by atoms with Crippen LogP contribution in [0.4, 0.5) is 10.1 Å². The van der Waals surface area contributed by atoms with Gasteiger partial charge in [-0.1, -0.05) is 36.0 Å². The number of carbonyl (C=O) groups is 2. The summed E-state index contributed by atoms with van der Waals surface area (Å²) in [7, 11) is 0. The van der Waals surface area contributed by atoms with Gasteiger partial charge in [0, 0.05) is 31.9 Å². The molecule has 34 heavy (non-hydrogen) atoms. The minimum absolute atomic E-state index is 0.0292. The summed E-state index contributed by atoms with van der Waals surface area (Å²) in [6, 6.07) is 11.9. The number of tetrazole rings is 1. The highest BCUT2D eigenvalue weighted by Gasteiger charge is 2.23. The van der Waals surface area contributed by atoms with Gasteiger partial charge in [0.2, 0.25) is 17.0 Å². The quantitative estimate of drug-likeness (QED) is 0.515. The van der Waals surface area contributed by atoms with Crippen LogP contribution in [-0.2, 0) is 9.59 Å². The molecule has 0 spiro atoms. The molecule has 1 aliphatic rings. The van der Waals surface area contributed by atoms with Gasteiger partial charge >= 0.3 is 0 Å². The van der Waals surface area contributed by atoms with Gasteiger partial charge in [-0.15, -0.1) is 5.10 Å². The second-order valence-electron chi connectivity index (χ2n) is 8.11. The van der Waals surface area contributed by atoms with Crippen LogP contribution < -0.4 is 5.32 Å². The lowest BCUT2D eigenvalue weighted by atomic mass is 10.1. The fourth-order valence-corrected chi connectivity index (χ4v) is 4.60. The van der Waals surface area contributed by atoms with Gasteiger partial charge in [0.1, 0.15) is 5.82 Å². The molecule has 9 nitrogen and oxygen atoms in total. The van der Waals surface area contributed by atoms with E-state index in [2.05, 4.69) is 20.8 Å². The second kappa shape index (κ2) is 10.7. The van der Waals surface area contributed by atoms with Crippen LogP contribution in [0.25, 0.3) is 5.69 Å². The summed E-state index contributed by atoms with van der Waals surface area (Å²) in [4.78, 5) is 29.1. The Kier molecular flexibility index (Phi) is 7.53. The van der Waals surface area contributed by atoms with Crippen LogP contribution in [0.15, 0.2) is 47.6 Å². The number of piperazine rings is 1. The summed E-state index contributed by atoms with van der Waals surface area (Å²) in [5.74, 6) is -0.307. The zero-order valence-corrected chi connectivity index (χ0v) is 19.9. The van der Waals surface area contributed by atoms with E-state index in [1.165, 1.54) is 28.6 Å². The van der Waals surface area contributed by atoms with Gasteiger partial charge in [-0.25, -0.2) is 4.39 Å². The fraction of sp³-hybridized carbons (Fsp3) is 0.348. The van der Waals surface area contributed by atoms with E-state index < -0.39 is 0 Å². The SMILES string of the molecule is Cc1cccc(C)c1NC(=O)CN1CCN(C(=O)CSc2nnnn2-c2cccc(F)c2)CC1. The van der Waals surface area contributed by atoms with Gasteiger partial charge < -0.3 is 10.2 Å². The van der Waals surface area contributed by atoms with E-state index in [4.69, 9.17) is 0 Å². The molecule has 2 heterocycles. The molecule has 1 fully saturated rings. The number of amides is 2. The average Bonchev–Trinajstić information content (AvgIpc) is 3.29. The predicted molar refractivity (Wildman–Crippen MR) is 127 cm³/mol. The van der Waals surface area contributed by atoms with Crippen molar-refractivity contribution in [3.8, 4) is 5.69 Å². The van der Waals surface area contributed by atoms with E-state index in [1.54, 1.807) is 17.0 Å².